The second kappa shape index (κ2) is 8.68. The van der Waals surface area contributed by atoms with Crippen LogP contribution >= 0.6 is 0 Å². The van der Waals surface area contributed by atoms with Crippen LogP contribution in [-0.4, -0.2) is 29.9 Å². The van der Waals surface area contributed by atoms with E-state index in [-0.39, 0.29) is 5.91 Å². The summed E-state index contributed by atoms with van der Waals surface area (Å²) in [5.74, 6) is -0.720. The molecule has 0 saturated heterocycles. The smallest absolute Gasteiger partial charge is 0.326 e. The molecule has 2 aromatic carbocycles. The van der Waals surface area contributed by atoms with Crippen molar-refractivity contribution in [3.05, 3.63) is 83.2 Å². The summed E-state index contributed by atoms with van der Waals surface area (Å²) >= 11 is 0. The SMILES string of the molecule is CNCc1ccc(C(=O)NC(=O)Nc2ccc3c(c2)NC(=O)C3=Cc2ccc[nH]2)cc1. The Kier molecular flexibility index (Phi) is 5.63. The maximum Gasteiger partial charge on any atom is 0.326 e. The first-order valence-corrected chi connectivity index (χ1v) is 9.70. The highest BCUT2D eigenvalue weighted by Gasteiger charge is 2.24. The summed E-state index contributed by atoms with van der Waals surface area (Å²) in [6.45, 7) is 0.694. The number of hydrogen-bond donors (Lipinski definition) is 5. The number of nitrogens with one attached hydrogen (secondary N) is 5. The summed E-state index contributed by atoms with van der Waals surface area (Å²) in [6, 6.07) is 15.1. The van der Waals surface area contributed by atoms with Gasteiger partial charge in [-0.2, -0.15) is 0 Å². The molecule has 0 radical (unpaired) electrons. The Bertz CT molecular complexity index is 1160. The second-order valence-electron chi connectivity index (χ2n) is 7.03. The number of hydrogen-bond acceptors (Lipinski definition) is 4. The average molecular weight is 415 g/mol. The molecule has 1 aromatic heterocycles. The van der Waals surface area contributed by atoms with Crippen LogP contribution in [0.15, 0.2) is 60.8 Å². The lowest BCUT2D eigenvalue weighted by molar-refractivity contribution is -0.110. The topological polar surface area (TPSA) is 115 Å². The van der Waals surface area contributed by atoms with Crippen molar-refractivity contribution in [1.29, 1.82) is 0 Å². The maximum absolute atomic E-state index is 12.3. The average Bonchev–Trinajstić information content (AvgIpc) is 3.36. The normalized spacial score (nSPS) is 13.6. The van der Waals surface area contributed by atoms with Gasteiger partial charge in [0.25, 0.3) is 11.8 Å². The van der Waals surface area contributed by atoms with Crippen molar-refractivity contribution < 1.29 is 14.4 Å². The van der Waals surface area contributed by atoms with Crippen LogP contribution in [0.3, 0.4) is 0 Å². The molecule has 0 saturated carbocycles. The molecule has 31 heavy (non-hydrogen) atoms. The minimum Gasteiger partial charge on any atom is -0.362 e. The van der Waals surface area contributed by atoms with Gasteiger partial charge in [0.15, 0.2) is 0 Å². The van der Waals surface area contributed by atoms with E-state index >= 15 is 0 Å². The van der Waals surface area contributed by atoms with Gasteiger partial charge in [-0.15, -0.1) is 0 Å². The molecule has 4 amide bonds. The molecule has 4 rings (SSSR count). The Balaban J connectivity index is 1.42. The van der Waals surface area contributed by atoms with Crippen molar-refractivity contribution in [2.24, 2.45) is 0 Å². The number of H-pyrrole nitrogens is 1. The highest BCUT2D eigenvalue weighted by atomic mass is 16.2. The molecule has 0 aliphatic carbocycles. The number of urea groups is 1. The van der Waals surface area contributed by atoms with E-state index in [0.29, 0.717) is 29.1 Å². The summed E-state index contributed by atoms with van der Waals surface area (Å²) in [5.41, 5.74) is 4.55. The molecule has 1 aliphatic rings. The van der Waals surface area contributed by atoms with E-state index in [1.54, 1.807) is 42.6 Å². The van der Waals surface area contributed by atoms with Gasteiger partial charge in [-0.1, -0.05) is 18.2 Å². The fourth-order valence-corrected chi connectivity index (χ4v) is 3.32. The lowest BCUT2D eigenvalue weighted by Crippen LogP contribution is -2.34. The standard InChI is InChI=1S/C23H21N5O3/c1-24-13-14-4-6-15(7-5-14)21(29)28-23(31)26-17-8-9-18-19(11-16-3-2-10-25-16)22(30)27-20(18)12-17/h2-12,24-25H,13H2,1H3,(H,27,30)(H2,26,28,29,31). The Labute approximate surface area is 178 Å². The quantitative estimate of drug-likeness (QED) is 0.412. The zero-order valence-corrected chi connectivity index (χ0v) is 16.8. The zero-order chi connectivity index (χ0) is 21.8. The lowest BCUT2D eigenvalue weighted by atomic mass is 10.1. The molecule has 0 fully saturated rings. The number of amides is 4. The number of aromatic nitrogens is 1. The Morgan fingerprint density at radius 2 is 1.87 bits per heavy atom. The number of fused-ring (bicyclic) bond motifs is 1. The van der Waals surface area contributed by atoms with Crippen LogP contribution < -0.4 is 21.3 Å². The van der Waals surface area contributed by atoms with E-state index in [4.69, 9.17) is 0 Å². The second-order valence-corrected chi connectivity index (χ2v) is 7.03. The molecular weight excluding hydrogens is 394 g/mol. The zero-order valence-electron chi connectivity index (χ0n) is 16.8. The largest absolute Gasteiger partial charge is 0.362 e. The molecule has 0 spiro atoms. The Morgan fingerprint density at radius 3 is 2.58 bits per heavy atom. The summed E-state index contributed by atoms with van der Waals surface area (Å²) < 4.78 is 0. The number of imide groups is 1. The summed E-state index contributed by atoms with van der Waals surface area (Å²) in [4.78, 5) is 39.9. The Morgan fingerprint density at radius 1 is 1.06 bits per heavy atom. The van der Waals surface area contributed by atoms with Crippen LogP contribution in [0.2, 0.25) is 0 Å². The number of benzene rings is 2. The molecule has 0 atom stereocenters. The van der Waals surface area contributed by atoms with E-state index in [1.165, 1.54) is 0 Å². The Hall–Kier alpha value is -4.17. The van der Waals surface area contributed by atoms with Crippen molar-refractivity contribution in [3.8, 4) is 0 Å². The van der Waals surface area contributed by atoms with E-state index < -0.39 is 11.9 Å². The number of carbonyl (C=O) groups excluding carboxylic acids is 3. The van der Waals surface area contributed by atoms with E-state index in [1.807, 2.05) is 31.3 Å². The fraction of sp³-hybridized carbons (Fsp3) is 0.0870. The third-order valence-corrected chi connectivity index (χ3v) is 4.81. The predicted octanol–water partition coefficient (Wildman–Crippen LogP) is 3.19. The third-order valence-electron chi connectivity index (χ3n) is 4.81. The monoisotopic (exact) mass is 415 g/mol. The molecule has 8 heteroatoms. The van der Waals surface area contributed by atoms with Gasteiger partial charge < -0.3 is 20.9 Å². The number of carbonyl (C=O) groups is 3. The molecule has 0 unspecified atom stereocenters. The maximum atomic E-state index is 12.3. The molecule has 0 bridgehead atoms. The van der Waals surface area contributed by atoms with Gasteiger partial charge in [0, 0.05) is 35.2 Å². The van der Waals surface area contributed by atoms with Crippen molar-refractivity contribution in [2.75, 3.05) is 17.7 Å². The van der Waals surface area contributed by atoms with Crippen molar-refractivity contribution in [2.45, 2.75) is 6.54 Å². The van der Waals surface area contributed by atoms with Crippen LogP contribution in [0.25, 0.3) is 11.6 Å². The first kappa shape index (κ1) is 20.1. The minimum atomic E-state index is -0.657. The number of anilines is 2. The van der Waals surface area contributed by atoms with Gasteiger partial charge in [0.1, 0.15) is 0 Å². The molecule has 8 nitrogen and oxygen atoms in total. The first-order valence-electron chi connectivity index (χ1n) is 9.70. The molecular formula is C23H21N5O3. The van der Waals surface area contributed by atoms with Crippen molar-refractivity contribution in [1.82, 2.24) is 15.6 Å². The third kappa shape index (κ3) is 4.54. The summed E-state index contributed by atoms with van der Waals surface area (Å²) in [7, 11) is 1.84. The number of rotatable bonds is 5. The fourth-order valence-electron chi connectivity index (χ4n) is 3.32. The highest BCUT2D eigenvalue weighted by molar-refractivity contribution is 6.35. The molecule has 3 aromatic rings. The van der Waals surface area contributed by atoms with E-state index in [2.05, 4.69) is 26.3 Å². The summed E-state index contributed by atoms with van der Waals surface area (Å²) in [5, 5.41) is 10.7. The van der Waals surface area contributed by atoms with Crippen LogP contribution in [0, 0.1) is 0 Å². The van der Waals surface area contributed by atoms with Gasteiger partial charge in [0.05, 0.1) is 11.3 Å². The van der Waals surface area contributed by atoms with Crippen LogP contribution in [0.1, 0.15) is 27.2 Å². The van der Waals surface area contributed by atoms with Gasteiger partial charge >= 0.3 is 6.03 Å². The van der Waals surface area contributed by atoms with Crippen LogP contribution in [0.4, 0.5) is 16.2 Å². The lowest BCUT2D eigenvalue weighted by Gasteiger charge is -2.09. The van der Waals surface area contributed by atoms with Crippen LogP contribution in [-0.2, 0) is 11.3 Å². The molecule has 156 valence electrons. The van der Waals surface area contributed by atoms with E-state index in [9.17, 15) is 14.4 Å². The van der Waals surface area contributed by atoms with Gasteiger partial charge in [-0.25, -0.2) is 4.79 Å². The highest BCUT2D eigenvalue weighted by Crippen LogP contribution is 2.34. The number of aromatic amines is 1. The summed E-state index contributed by atoms with van der Waals surface area (Å²) in [6.07, 6.45) is 3.55. The van der Waals surface area contributed by atoms with Crippen LogP contribution in [0.5, 0.6) is 0 Å². The molecule has 2 heterocycles. The predicted molar refractivity (Wildman–Crippen MR) is 119 cm³/mol. The van der Waals surface area contributed by atoms with Gasteiger partial charge in [0.2, 0.25) is 0 Å². The minimum absolute atomic E-state index is 0.219. The van der Waals surface area contributed by atoms with Crippen molar-refractivity contribution in [3.63, 3.8) is 0 Å². The van der Waals surface area contributed by atoms with Crippen molar-refractivity contribution >= 4 is 40.9 Å². The van der Waals surface area contributed by atoms with E-state index in [0.717, 1.165) is 16.8 Å². The van der Waals surface area contributed by atoms with Gasteiger partial charge in [-0.05, 0) is 55.1 Å². The van der Waals surface area contributed by atoms with Gasteiger partial charge in [-0.3, -0.25) is 14.9 Å². The molecule has 5 N–H and O–H groups in total. The molecule has 1 aliphatic heterocycles. The first-order chi connectivity index (χ1) is 15.0.